The third-order valence-electron chi connectivity index (χ3n) is 4.32. The zero-order valence-electron chi connectivity index (χ0n) is 12.5. The van der Waals surface area contributed by atoms with Gasteiger partial charge in [-0.2, -0.15) is 4.98 Å². The Morgan fingerprint density at radius 2 is 2.00 bits per heavy atom. The van der Waals surface area contributed by atoms with Crippen LogP contribution in [0, 0.1) is 5.92 Å². The van der Waals surface area contributed by atoms with Crippen LogP contribution in [0.3, 0.4) is 0 Å². The van der Waals surface area contributed by atoms with Crippen molar-refractivity contribution < 1.29 is 0 Å². The Balaban J connectivity index is 1.89. The van der Waals surface area contributed by atoms with Crippen molar-refractivity contribution in [1.29, 1.82) is 0 Å². The van der Waals surface area contributed by atoms with Gasteiger partial charge in [-0.05, 0) is 30.9 Å². The van der Waals surface area contributed by atoms with E-state index in [-0.39, 0.29) is 0 Å². The zero-order chi connectivity index (χ0) is 14.7. The number of piperidine rings is 1. The summed E-state index contributed by atoms with van der Waals surface area (Å²) >= 11 is 0. The van der Waals surface area contributed by atoms with Crippen LogP contribution in [0.5, 0.6) is 0 Å². The molecule has 0 aliphatic carbocycles. The van der Waals surface area contributed by atoms with Gasteiger partial charge < -0.3 is 4.90 Å². The zero-order valence-corrected chi connectivity index (χ0v) is 12.5. The molecule has 1 aromatic carbocycles. The number of anilines is 2. The van der Waals surface area contributed by atoms with Gasteiger partial charge in [0.25, 0.3) is 0 Å². The molecule has 1 aliphatic heterocycles. The first-order valence-electron chi connectivity index (χ1n) is 7.80. The van der Waals surface area contributed by atoms with Crippen molar-refractivity contribution in [3.63, 3.8) is 0 Å². The Kier molecular flexibility index (Phi) is 4.20. The van der Waals surface area contributed by atoms with Gasteiger partial charge in [-0.15, -0.1) is 0 Å². The van der Waals surface area contributed by atoms with E-state index in [0.717, 1.165) is 35.7 Å². The van der Waals surface area contributed by atoms with Gasteiger partial charge in [-0.3, -0.25) is 5.43 Å². The summed E-state index contributed by atoms with van der Waals surface area (Å²) < 4.78 is 0. The van der Waals surface area contributed by atoms with Crippen LogP contribution < -0.4 is 16.2 Å². The molecule has 1 saturated heterocycles. The lowest BCUT2D eigenvalue weighted by Crippen LogP contribution is -2.34. The molecule has 3 N–H and O–H groups in total. The smallest absolute Gasteiger partial charge is 0.239 e. The SMILES string of the molecule is CCCC1CCN(c2nc(NN)nc3ccccc23)CC1. The first kappa shape index (κ1) is 14.1. The Morgan fingerprint density at radius 3 is 2.71 bits per heavy atom. The summed E-state index contributed by atoms with van der Waals surface area (Å²) in [7, 11) is 0. The number of hydrogen-bond acceptors (Lipinski definition) is 5. The van der Waals surface area contributed by atoms with E-state index < -0.39 is 0 Å². The number of rotatable bonds is 4. The molecule has 5 nitrogen and oxygen atoms in total. The van der Waals surface area contributed by atoms with Crippen LogP contribution in [0.25, 0.3) is 10.9 Å². The van der Waals surface area contributed by atoms with Crippen molar-refractivity contribution in [1.82, 2.24) is 9.97 Å². The van der Waals surface area contributed by atoms with E-state index in [1.54, 1.807) is 0 Å². The molecule has 1 aliphatic rings. The highest BCUT2D eigenvalue weighted by atomic mass is 15.3. The molecular formula is C16H23N5. The first-order chi connectivity index (χ1) is 10.3. The minimum atomic E-state index is 0.486. The van der Waals surface area contributed by atoms with Crippen LogP contribution >= 0.6 is 0 Å². The van der Waals surface area contributed by atoms with Crippen molar-refractivity contribution in [2.24, 2.45) is 11.8 Å². The predicted octanol–water partition coefficient (Wildman–Crippen LogP) is 2.93. The average molecular weight is 285 g/mol. The lowest BCUT2D eigenvalue weighted by atomic mass is 9.92. The molecule has 0 amide bonds. The van der Waals surface area contributed by atoms with E-state index in [0.29, 0.717) is 5.95 Å². The maximum Gasteiger partial charge on any atom is 0.239 e. The summed E-state index contributed by atoms with van der Waals surface area (Å²) in [6, 6.07) is 8.12. The molecule has 21 heavy (non-hydrogen) atoms. The summed E-state index contributed by atoms with van der Waals surface area (Å²) in [4.78, 5) is 11.4. The maximum atomic E-state index is 5.51. The van der Waals surface area contributed by atoms with Gasteiger partial charge in [0.15, 0.2) is 0 Å². The molecule has 0 unspecified atom stereocenters. The second-order valence-corrected chi connectivity index (χ2v) is 5.75. The van der Waals surface area contributed by atoms with Crippen LogP contribution in [0.2, 0.25) is 0 Å². The number of aromatic nitrogens is 2. The first-order valence-corrected chi connectivity index (χ1v) is 7.80. The summed E-state index contributed by atoms with van der Waals surface area (Å²) in [6.45, 7) is 4.40. The predicted molar refractivity (Wildman–Crippen MR) is 87.2 cm³/mol. The molecule has 112 valence electrons. The molecule has 0 saturated carbocycles. The summed E-state index contributed by atoms with van der Waals surface area (Å²) in [5.41, 5.74) is 3.52. The summed E-state index contributed by atoms with van der Waals surface area (Å²) in [5, 5.41) is 1.10. The molecule has 2 aromatic rings. The highest BCUT2D eigenvalue weighted by Gasteiger charge is 2.21. The largest absolute Gasteiger partial charge is 0.356 e. The third-order valence-corrected chi connectivity index (χ3v) is 4.32. The van der Waals surface area contributed by atoms with Crippen molar-refractivity contribution >= 4 is 22.7 Å². The Hall–Kier alpha value is -1.88. The Labute approximate surface area is 125 Å². The molecule has 0 radical (unpaired) electrons. The second-order valence-electron chi connectivity index (χ2n) is 5.75. The van der Waals surface area contributed by atoms with E-state index >= 15 is 0 Å². The van der Waals surface area contributed by atoms with Gasteiger partial charge in [0.1, 0.15) is 5.82 Å². The Bertz CT molecular complexity index is 605. The number of nitrogen functional groups attached to an aromatic ring is 1. The monoisotopic (exact) mass is 285 g/mol. The maximum absolute atomic E-state index is 5.51. The van der Waals surface area contributed by atoms with E-state index in [2.05, 4.69) is 33.3 Å². The number of hydrogen-bond donors (Lipinski definition) is 2. The van der Waals surface area contributed by atoms with Gasteiger partial charge in [-0.25, -0.2) is 10.8 Å². The highest BCUT2D eigenvalue weighted by molar-refractivity contribution is 5.90. The number of benzene rings is 1. The minimum absolute atomic E-state index is 0.486. The van der Waals surface area contributed by atoms with Gasteiger partial charge in [-0.1, -0.05) is 31.9 Å². The average Bonchev–Trinajstić information content (AvgIpc) is 2.55. The number of nitrogens with one attached hydrogen (secondary N) is 1. The van der Waals surface area contributed by atoms with E-state index in [9.17, 15) is 0 Å². The fourth-order valence-electron chi connectivity index (χ4n) is 3.21. The van der Waals surface area contributed by atoms with Gasteiger partial charge >= 0.3 is 0 Å². The molecule has 2 heterocycles. The second kappa shape index (κ2) is 6.26. The van der Waals surface area contributed by atoms with Gasteiger partial charge in [0.05, 0.1) is 5.52 Å². The van der Waals surface area contributed by atoms with Gasteiger partial charge in [0.2, 0.25) is 5.95 Å². The van der Waals surface area contributed by atoms with Crippen LogP contribution in [0.1, 0.15) is 32.6 Å². The van der Waals surface area contributed by atoms with Gasteiger partial charge in [0, 0.05) is 18.5 Å². The van der Waals surface area contributed by atoms with Crippen LogP contribution in [0.15, 0.2) is 24.3 Å². The van der Waals surface area contributed by atoms with E-state index in [1.165, 1.54) is 25.7 Å². The van der Waals surface area contributed by atoms with Crippen molar-refractivity contribution in [2.75, 3.05) is 23.4 Å². The number of para-hydroxylation sites is 1. The van der Waals surface area contributed by atoms with Crippen LogP contribution in [-0.2, 0) is 0 Å². The third kappa shape index (κ3) is 2.93. The molecule has 1 fully saturated rings. The molecule has 0 atom stereocenters. The minimum Gasteiger partial charge on any atom is -0.356 e. The van der Waals surface area contributed by atoms with Crippen LogP contribution in [0.4, 0.5) is 11.8 Å². The van der Waals surface area contributed by atoms with Crippen molar-refractivity contribution in [3.05, 3.63) is 24.3 Å². The fraction of sp³-hybridized carbons (Fsp3) is 0.500. The molecular weight excluding hydrogens is 262 g/mol. The van der Waals surface area contributed by atoms with Crippen molar-refractivity contribution in [3.8, 4) is 0 Å². The number of nitrogens with two attached hydrogens (primary N) is 1. The molecule has 0 bridgehead atoms. The van der Waals surface area contributed by atoms with Crippen molar-refractivity contribution in [2.45, 2.75) is 32.6 Å². The molecule has 3 rings (SSSR count). The van der Waals surface area contributed by atoms with E-state index in [1.807, 2.05) is 18.2 Å². The summed E-state index contributed by atoms with van der Waals surface area (Å²) in [6.07, 6.45) is 5.12. The normalized spacial score (nSPS) is 16.4. The number of fused-ring (bicyclic) bond motifs is 1. The standard InChI is InChI=1S/C16H23N5/c1-2-5-12-8-10-21(11-9-12)15-13-6-3-4-7-14(13)18-16(19-15)20-17/h3-4,6-7,12H,2,5,8-11,17H2,1H3,(H,18,19,20). The molecule has 1 aromatic heterocycles. The van der Waals surface area contributed by atoms with E-state index in [4.69, 9.17) is 5.84 Å². The quantitative estimate of drug-likeness (QED) is 0.668. The molecule has 0 spiro atoms. The lowest BCUT2D eigenvalue weighted by Gasteiger charge is -2.33. The number of nitrogens with zero attached hydrogens (tertiary/aromatic N) is 3. The topological polar surface area (TPSA) is 67.1 Å². The van der Waals surface area contributed by atoms with Crippen LogP contribution in [-0.4, -0.2) is 23.1 Å². The number of hydrazine groups is 1. The lowest BCUT2D eigenvalue weighted by molar-refractivity contribution is 0.378. The molecule has 5 heteroatoms. The highest BCUT2D eigenvalue weighted by Crippen LogP contribution is 2.30. The Morgan fingerprint density at radius 1 is 1.24 bits per heavy atom. The fourth-order valence-corrected chi connectivity index (χ4v) is 3.21. The summed E-state index contributed by atoms with van der Waals surface area (Å²) in [5.74, 6) is 7.86.